The van der Waals surface area contributed by atoms with Crippen LogP contribution >= 0.6 is 15.9 Å². The molecule has 0 saturated carbocycles. The highest BCUT2D eigenvalue weighted by molar-refractivity contribution is 9.10. The summed E-state index contributed by atoms with van der Waals surface area (Å²) in [5.74, 6) is 0.460. The van der Waals surface area contributed by atoms with Crippen molar-refractivity contribution in [3.63, 3.8) is 0 Å². The molecular weight excluding hydrogens is 312 g/mol. The van der Waals surface area contributed by atoms with Crippen LogP contribution in [0.15, 0.2) is 53.1 Å². The average molecular weight is 333 g/mol. The van der Waals surface area contributed by atoms with Crippen molar-refractivity contribution in [2.24, 2.45) is 0 Å². The fraction of sp³-hybridized carbons (Fsp3) is 0.353. The van der Waals surface area contributed by atoms with E-state index >= 15 is 0 Å². The van der Waals surface area contributed by atoms with Crippen molar-refractivity contribution >= 4 is 15.9 Å². The van der Waals surface area contributed by atoms with Crippen molar-refractivity contribution in [1.29, 1.82) is 0 Å². The molecule has 2 aromatic rings. The topological polar surface area (TPSA) is 24.9 Å². The molecule has 2 unspecified atom stereocenters. The number of likely N-dealkylation sites (N-methyl/N-ethyl adjacent to an activating group) is 1. The molecule has 20 heavy (non-hydrogen) atoms. The Morgan fingerprint density at radius 3 is 2.50 bits per heavy atom. The summed E-state index contributed by atoms with van der Waals surface area (Å²) in [6, 6.07) is 15.2. The first kappa shape index (κ1) is 15.2. The monoisotopic (exact) mass is 332 g/mol. The van der Waals surface area contributed by atoms with Gasteiger partial charge in [-0.15, -0.1) is 0 Å². The molecule has 2 atom stereocenters. The van der Waals surface area contributed by atoms with Crippen LogP contribution in [0.3, 0.4) is 0 Å². The van der Waals surface area contributed by atoms with Gasteiger partial charge in [0.15, 0.2) is 0 Å². The lowest BCUT2D eigenvalue weighted by molar-refractivity contribution is 0.454. The van der Waals surface area contributed by atoms with Crippen molar-refractivity contribution in [1.82, 2.24) is 10.3 Å². The van der Waals surface area contributed by atoms with Crippen molar-refractivity contribution in [3.05, 3.63) is 64.4 Å². The van der Waals surface area contributed by atoms with Crippen LogP contribution < -0.4 is 5.32 Å². The maximum absolute atomic E-state index is 4.49. The van der Waals surface area contributed by atoms with E-state index in [-0.39, 0.29) is 0 Å². The second-order valence-corrected chi connectivity index (χ2v) is 5.95. The fourth-order valence-corrected chi connectivity index (χ4v) is 2.66. The summed E-state index contributed by atoms with van der Waals surface area (Å²) < 4.78 is 1.03. The molecule has 1 aromatic carbocycles. The Hall–Kier alpha value is -1.19. The van der Waals surface area contributed by atoms with E-state index in [9.17, 15) is 0 Å². The zero-order valence-electron chi connectivity index (χ0n) is 12.0. The largest absolute Gasteiger partial charge is 0.313 e. The van der Waals surface area contributed by atoms with E-state index < -0.39 is 0 Å². The molecule has 1 N–H and O–H groups in total. The minimum absolute atomic E-state index is 0.399. The molecule has 0 aliphatic rings. The zero-order chi connectivity index (χ0) is 14.4. The van der Waals surface area contributed by atoms with Gasteiger partial charge in [0.2, 0.25) is 0 Å². The van der Waals surface area contributed by atoms with Crippen LogP contribution in [0.25, 0.3) is 0 Å². The third kappa shape index (κ3) is 4.15. The summed E-state index contributed by atoms with van der Waals surface area (Å²) >= 11 is 3.43. The molecule has 0 aliphatic heterocycles. The van der Waals surface area contributed by atoms with E-state index in [0.29, 0.717) is 12.0 Å². The van der Waals surface area contributed by atoms with Gasteiger partial charge in [0.25, 0.3) is 0 Å². The second kappa shape index (κ2) is 7.55. The Kier molecular flexibility index (Phi) is 5.74. The molecule has 106 valence electrons. The summed E-state index contributed by atoms with van der Waals surface area (Å²) in [5.41, 5.74) is 2.50. The van der Waals surface area contributed by atoms with Gasteiger partial charge in [-0.3, -0.25) is 4.98 Å². The molecule has 0 saturated heterocycles. The highest BCUT2D eigenvalue weighted by Gasteiger charge is 2.18. The number of halogens is 1. The molecule has 1 heterocycles. The summed E-state index contributed by atoms with van der Waals surface area (Å²) in [5, 5.41) is 3.59. The fourth-order valence-electron chi connectivity index (χ4n) is 2.43. The number of hydrogen-bond donors (Lipinski definition) is 1. The molecule has 0 radical (unpaired) electrons. The van der Waals surface area contributed by atoms with E-state index in [1.807, 2.05) is 6.20 Å². The maximum Gasteiger partial charge on any atom is 0.0420 e. The first-order chi connectivity index (χ1) is 9.70. The Bertz CT molecular complexity index is 510. The maximum atomic E-state index is 4.49. The summed E-state index contributed by atoms with van der Waals surface area (Å²) in [4.78, 5) is 4.49. The number of nitrogens with one attached hydrogen (secondary N) is 1. The van der Waals surface area contributed by atoms with Crippen LogP contribution in [0, 0.1) is 0 Å². The third-order valence-electron chi connectivity index (χ3n) is 3.61. The van der Waals surface area contributed by atoms with Crippen molar-refractivity contribution in [2.45, 2.75) is 32.2 Å². The van der Waals surface area contributed by atoms with E-state index in [4.69, 9.17) is 0 Å². The van der Waals surface area contributed by atoms with Gasteiger partial charge in [-0.05, 0) is 46.1 Å². The van der Waals surface area contributed by atoms with Crippen LogP contribution in [0.1, 0.15) is 31.0 Å². The number of pyridine rings is 1. The number of benzene rings is 1. The Morgan fingerprint density at radius 1 is 1.15 bits per heavy atom. The highest BCUT2D eigenvalue weighted by atomic mass is 79.9. The first-order valence-corrected chi connectivity index (χ1v) is 7.88. The summed E-state index contributed by atoms with van der Waals surface area (Å²) in [6.07, 6.45) is 2.81. The second-order valence-electron chi connectivity index (χ2n) is 5.04. The van der Waals surface area contributed by atoms with Gasteiger partial charge in [-0.25, -0.2) is 0 Å². The normalized spacial score (nSPS) is 13.9. The average Bonchev–Trinajstić information content (AvgIpc) is 2.49. The molecule has 2 nitrogen and oxygen atoms in total. The van der Waals surface area contributed by atoms with E-state index in [2.05, 4.69) is 82.5 Å². The van der Waals surface area contributed by atoms with Crippen LogP contribution in [0.2, 0.25) is 0 Å². The molecular formula is C17H21BrN2. The smallest absolute Gasteiger partial charge is 0.0420 e. The van der Waals surface area contributed by atoms with E-state index in [1.54, 1.807) is 0 Å². The van der Waals surface area contributed by atoms with Gasteiger partial charge in [0.1, 0.15) is 0 Å². The minimum Gasteiger partial charge on any atom is -0.313 e. The molecule has 0 spiro atoms. The van der Waals surface area contributed by atoms with Crippen LogP contribution in [0.4, 0.5) is 0 Å². The number of hydrogen-bond acceptors (Lipinski definition) is 2. The van der Waals surface area contributed by atoms with Crippen LogP contribution in [-0.4, -0.2) is 17.6 Å². The van der Waals surface area contributed by atoms with Gasteiger partial charge < -0.3 is 5.32 Å². The van der Waals surface area contributed by atoms with E-state index in [0.717, 1.165) is 23.1 Å². The van der Waals surface area contributed by atoms with Crippen molar-refractivity contribution in [2.75, 3.05) is 6.54 Å². The molecule has 0 aliphatic carbocycles. The van der Waals surface area contributed by atoms with Gasteiger partial charge in [-0.2, -0.15) is 0 Å². The number of nitrogens with zero attached hydrogens (tertiary/aromatic N) is 1. The van der Waals surface area contributed by atoms with Gasteiger partial charge in [-0.1, -0.05) is 44.2 Å². The quantitative estimate of drug-likeness (QED) is 0.858. The SMILES string of the molecule is CCNC(Cc1ccc(Br)cn1)C(C)c1ccccc1. The Balaban J connectivity index is 2.12. The predicted molar refractivity (Wildman–Crippen MR) is 88.0 cm³/mol. The third-order valence-corrected chi connectivity index (χ3v) is 4.08. The molecule has 2 rings (SSSR count). The zero-order valence-corrected chi connectivity index (χ0v) is 13.6. The van der Waals surface area contributed by atoms with E-state index in [1.165, 1.54) is 5.56 Å². The first-order valence-electron chi connectivity index (χ1n) is 7.09. The minimum atomic E-state index is 0.399. The lowest BCUT2D eigenvalue weighted by Gasteiger charge is -2.25. The van der Waals surface area contributed by atoms with Gasteiger partial charge in [0, 0.05) is 28.8 Å². The number of rotatable bonds is 6. The number of aromatic nitrogens is 1. The Morgan fingerprint density at radius 2 is 1.90 bits per heavy atom. The summed E-state index contributed by atoms with van der Waals surface area (Å²) in [6.45, 7) is 5.40. The standard InChI is InChI=1S/C17H21BrN2/c1-3-19-17(11-16-10-9-15(18)12-20-16)13(2)14-7-5-4-6-8-14/h4-10,12-13,17,19H,3,11H2,1-2H3. The summed E-state index contributed by atoms with van der Waals surface area (Å²) in [7, 11) is 0. The van der Waals surface area contributed by atoms with Gasteiger partial charge >= 0.3 is 0 Å². The lowest BCUT2D eigenvalue weighted by atomic mass is 9.90. The molecule has 1 aromatic heterocycles. The van der Waals surface area contributed by atoms with Crippen molar-refractivity contribution < 1.29 is 0 Å². The highest BCUT2D eigenvalue weighted by Crippen LogP contribution is 2.21. The van der Waals surface area contributed by atoms with Crippen LogP contribution in [0.5, 0.6) is 0 Å². The molecule has 3 heteroatoms. The van der Waals surface area contributed by atoms with Crippen LogP contribution in [-0.2, 0) is 6.42 Å². The molecule has 0 fully saturated rings. The Labute approximate surface area is 129 Å². The molecule has 0 amide bonds. The van der Waals surface area contributed by atoms with Gasteiger partial charge in [0.05, 0.1) is 0 Å². The predicted octanol–water partition coefficient (Wildman–Crippen LogP) is 4.17. The molecule has 0 bridgehead atoms. The lowest BCUT2D eigenvalue weighted by Crippen LogP contribution is -2.35. The van der Waals surface area contributed by atoms with Crippen molar-refractivity contribution in [3.8, 4) is 0 Å².